The highest BCUT2D eigenvalue weighted by Crippen LogP contribution is 2.36. The van der Waals surface area contributed by atoms with Crippen molar-refractivity contribution in [2.75, 3.05) is 6.54 Å². The largest absolute Gasteiger partial charge is 0.393 e. The summed E-state index contributed by atoms with van der Waals surface area (Å²) in [7, 11) is 0. The highest BCUT2D eigenvalue weighted by Gasteiger charge is 2.40. The second kappa shape index (κ2) is 3.35. The van der Waals surface area contributed by atoms with Crippen LogP contribution in [-0.4, -0.2) is 23.8 Å². The highest BCUT2D eigenvalue weighted by molar-refractivity contribution is 4.95. The van der Waals surface area contributed by atoms with Crippen molar-refractivity contribution in [3.8, 4) is 0 Å². The average Bonchev–Trinajstić information content (AvgIpc) is 2.49. The Kier molecular flexibility index (Phi) is 2.37. The number of rotatable bonds is 1. The van der Waals surface area contributed by atoms with Gasteiger partial charge in [0, 0.05) is 18.5 Å². The number of nitrogens with one attached hydrogen (secondary N) is 1. The lowest BCUT2D eigenvalue weighted by atomic mass is 9.76. The van der Waals surface area contributed by atoms with E-state index < -0.39 is 0 Å². The van der Waals surface area contributed by atoms with E-state index in [1.807, 2.05) is 0 Å². The van der Waals surface area contributed by atoms with Crippen LogP contribution in [0.3, 0.4) is 0 Å². The van der Waals surface area contributed by atoms with Crippen LogP contribution in [0, 0.1) is 11.8 Å². The molecular formula is C10H19NO. The summed E-state index contributed by atoms with van der Waals surface area (Å²) in [5.41, 5.74) is 0. The van der Waals surface area contributed by atoms with Gasteiger partial charge in [0.15, 0.2) is 0 Å². The number of aliphatic hydroxyl groups is 1. The first-order valence-electron chi connectivity index (χ1n) is 5.24. The fourth-order valence-corrected chi connectivity index (χ4v) is 2.95. The zero-order valence-corrected chi connectivity index (χ0v) is 7.79. The highest BCUT2D eigenvalue weighted by atomic mass is 16.3. The van der Waals surface area contributed by atoms with E-state index in [9.17, 15) is 5.11 Å². The molecule has 0 aromatic heterocycles. The molecule has 2 aliphatic rings. The van der Waals surface area contributed by atoms with Crippen molar-refractivity contribution < 1.29 is 5.11 Å². The zero-order valence-electron chi connectivity index (χ0n) is 7.79. The van der Waals surface area contributed by atoms with E-state index in [0.29, 0.717) is 12.0 Å². The van der Waals surface area contributed by atoms with Crippen molar-refractivity contribution in [1.82, 2.24) is 5.32 Å². The molecule has 0 amide bonds. The van der Waals surface area contributed by atoms with Gasteiger partial charge in [-0.2, -0.15) is 0 Å². The average molecular weight is 169 g/mol. The lowest BCUT2D eigenvalue weighted by Gasteiger charge is -2.31. The van der Waals surface area contributed by atoms with Gasteiger partial charge in [0.05, 0.1) is 6.10 Å². The molecule has 0 aromatic rings. The SMILES string of the molecule is CCC1NCC2C(O)CCCC12. The second-order valence-corrected chi connectivity index (χ2v) is 4.25. The van der Waals surface area contributed by atoms with Crippen LogP contribution in [0.25, 0.3) is 0 Å². The summed E-state index contributed by atoms with van der Waals surface area (Å²) >= 11 is 0. The van der Waals surface area contributed by atoms with E-state index in [1.165, 1.54) is 19.3 Å². The lowest BCUT2D eigenvalue weighted by molar-refractivity contribution is 0.0498. The van der Waals surface area contributed by atoms with Crippen molar-refractivity contribution in [2.45, 2.75) is 44.8 Å². The molecule has 1 aliphatic carbocycles. The fraction of sp³-hybridized carbons (Fsp3) is 1.00. The Bertz CT molecular complexity index is 160. The molecule has 4 unspecified atom stereocenters. The third kappa shape index (κ3) is 1.27. The molecule has 1 saturated heterocycles. The van der Waals surface area contributed by atoms with Crippen molar-refractivity contribution in [3.63, 3.8) is 0 Å². The maximum Gasteiger partial charge on any atom is 0.0583 e. The Hall–Kier alpha value is -0.0800. The Labute approximate surface area is 74.4 Å². The van der Waals surface area contributed by atoms with Crippen LogP contribution in [0.1, 0.15) is 32.6 Å². The molecule has 0 bridgehead atoms. The maximum absolute atomic E-state index is 9.75. The standard InChI is InChI=1S/C10H19NO/c1-2-9-7-4-3-5-10(12)8(7)6-11-9/h7-12H,2-6H2,1H3. The maximum atomic E-state index is 9.75. The predicted octanol–water partition coefficient (Wildman–Crippen LogP) is 1.15. The zero-order chi connectivity index (χ0) is 8.55. The fourth-order valence-electron chi connectivity index (χ4n) is 2.95. The summed E-state index contributed by atoms with van der Waals surface area (Å²) in [6.45, 7) is 3.28. The molecule has 2 heteroatoms. The smallest absolute Gasteiger partial charge is 0.0583 e. The molecule has 1 aliphatic heterocycles. The first-order valence-corrected chi connectivity index (χ1v) is 5.24. The van der Waals surface area contributed by atoms with Gasteiger partial charge in [-0.1, -0.05) is 13.3 Å². The van der Waals surface area contributed by atoms with Gasteiger partial charge in [-0.15, -0.1) is 0 Å². The van der Waals surface area contributed by atoms with E-state index in [4.69, 9.17) is 0 Å². The lowest BCUT2D eigenvalue weighted by Crippen LogP contribution is -2.33. The molecule has 1 saturated carbocycles. The van der Waals surface area contributed by atoms with Crippen LogP contribution in [-0.2, 0) is 0 Å². The summed E-state index contributed by atoms with van der Waals surface area (Å²) in [6, 6.07) is 0.685. The van der Waals surface area contributed by atoms with Gasteiger partial charge in [0.2, 0.25) is 0 Å². The third-order valence-corrected chi connectivity index (χ3v) is 3.65. The molecule has 1 heterocycles. The number of aliphatic hydroxyl groups excluding tert-OH is 1. The van der Waals surface area contributed by atoms with E-state index in [2.05, 4.69) is 12.2 Å². The van der Waals surface area contributed by atoms with Crippen molar-refractivity contribution in [1.29, 1.82) is 0 Å². The molecule has 0 aromatic carbocycles. The minimum Gasteiger partial charge on any atom is -0.393 e. The molecular weight excluding hydrogens is 150 g/mol. The van der Waals surface area contributed by atoms with Crippen molar-refractivity contribution in [2.24, 2.45) is 11.8 Å². The molecule has 0 radical (unpaired) electrons. The topological polar surface area (TPSA) is 32.3 Å². The third-order valence-electron chi connectivity index (χ3n) is 3.65. The monoisotopic (exact) mass is 169 g/mol. The Morgan fingerprint density at radius 2 is 2.17 bits per heavy atom. The predicted molar refractivity (Wildman–Crippen MR) is 48.9 cm³/mol. The quantitative estimate of drug-likeness (QED) is 0.617. The Morgan fingerprint density at radius 1 is 1.33 bits per heavy atom. The van der Waals surface area contributed by atoms with Crippen LogP contribution in [0.5, 0.6) is 0 Å². The van der Waals surface area contributed by atoms with Crippen LogP contribution in [0.15, 0.2) is 0 Å². The molecule has 4 atom stereocenters. The molecule has 2 rings (SSSR count). The van der Waals surface area contributed by atoms with Crippen LogP contribution in [0.2, 0.25) is 0 Å². The van der Waals surface area contributed by atoms with Gasteiger partial charge >= 0.3 is 0 Å². The van der Waals surface area contributed by atoms with E-state index in [-0.39, 0.29) is 6.10 Å². The molecule has 2 N–H and O–H groups in total. The Balaban J connectivity index is 2.04. The summed E-state index contributed by atoms with van der Waals surface area (Å²) in [5, 5.41) is 13.3. The van der Waals surface area contributed by atoms with Crippen LogP contribution < -0.4 is 5.32 Å². The van der Waals surface area contributed by atoms with Crippen molar-refractivity contribution >= 4 is 0 Å². The van der Waals surface area contributed by atoms with E-state index in [0.717, 1.165) is 18.9 Å². The van der Waals surface area contributed by atoms with E-state index >= 15 is 0 Å². The summed E-state index contributed by atoms with van der Waals surface area (Å²) in [5.74, 6) is 1.32. The van der Waals surface area contributed by atoms with Gasteiger partial charge < -0.3 is 10.4 Å². The normalized spacial score (nSPS) is 47.5. The molecule has 2 nitrogen and oxygen atoms in total. The van der Waals surface area contributed by atoms with Crippen LogP contribution in [0.4, 0.5) is 0 Å². The molecule has 2 fully saturated rings. The molecule has 0 spiro atoms. The first-order chi connectivity index (χ1) is 5.83. The summed E-state index contributed by atoms with van der Waals surface area (Å²) in [6.07, 6.45) is 4.77. The molecule has 12 heavy (non-hydrogen) atoms. The first kappa shape index (κ1) is 8.52. The Morgan fingerprint density at radius 3 is 2.92 bits per heavy atom. The van der Waals surface area contributed by atoms with Gasteiger partial charge in [-0.25, -0.2) is 0 Å². The number of hydrogen-bond acceptors (Lipinski definition) is 2. The van der Waals surface area contributed by atoms with Crippen molar-refractivity contribution in [3.05, 3.63) is 0 Å². The van der Waals surface area contributed by atoms with Gasteiger partial charge in [0.25, 0.3) is 0 Å². The molecule has 70 valence electrons. The van der Waals surface area contributed by atoms with Crippen LogP contribution >= 0.6 is 0 Å². The second-order valence-electron chi connectivity index (χ2n) is 4.25. The van der Waals surface area contributed by atoms with E-state index in [1.54, 1.807) is 0 Å². The summed E-state index contributed by atoms with van der Waals surface area (Å²) < 4.78 is 0. The summed E-state index contributed by atoms with van der Waals surface area (Å²) in [4.78, 5) is 0. The number of fused-ring (bicyclic) bond motifs is 1. The minimum absolute atomic E-state index is 0.0206. The van der Waals surface area contributed by atoms with Gasteiger partial charge in [0.1, 0.15) is 0 Å². The number of hydrogen-bond donors (Lipinski definition) is 2. The van der Waals surface area contributed by atoms with Gasteiger partial charge in [-0.3, -0.25) is 0 Å². The van der Waals surface area contributed by atoms with Gasteiger partial charge in [-0.05, 0) is 25.2 Å². The minimum atomic E-state index is -0.0206.